The number of nitriles is 1. The van der Waals surface area contributed by atoms with Gasteiger partial charge in [-0.3, -0.25) is 9.78 Å². The molecule has 170 valence electrons. The van der Waals surface area contributed by atoms with E-state index in [9.17, 15) is 14.4 Å². The second-order valence-corrected chi connectivity index (χ2v) is 7.76. The molecule has 1 aromatic heterocycles. The second-order valence-electron chi connectivity index (χ2n) is 7.76. The number of fused-ring (bicyclic) bond motifs is 1. The first-order valence-electron chi connectivity index (χ1n) is 11.8. The Morgan fingerprint density at radius 3 is 2.85 bits per heavy atom. The number of halogens is 1. The second kappa shape index (κ2) is 10.7. The van der Waals surface area contributed by atoms with Crippen LogP contribution < -0.4 is 10.1 Å². The SMILES string of the molecule is [2H]/C(=C\C(=O)Cc1cc2c(Nc3ccc(F)c(C)c3)c(C#N)cnc2cc1OC([2H])([2H])C)CN(C)C. The van der Waals surface area contributed by atoms with Crippen molar-refractivity contribution in [1.82, 2.24) is 9.88 Å². The van der Waals surface area contributed by atoms with Gasteiger partial charge in [0.05, 0.1) is 27.4 Å². The number of benzene rings is 2. The number of anilines is 2. The van der Waals surface area contributed by atoms with Crippen LogP contribution in [0.3, 0.4) is 0 Å². The molecule has 2 aromatic carbocycles. The molecular weight excluding hydrogens is 419 g/mol. The number of pyridine rings is 1. The van der Waals surface area contributed by atoms with Gasteiger partial charge in [0.1, 0.15) is 17.6 Å². The van der Waals surface area contributed by atoms with E-state index >= 15 is 0 Å². The Balaban J connectivity index is 2.14. The van der Waals surface area contributed by atoms with Gasteiger partial charge in [-0.15, -0.1) is 0 Å². The lowest BCUT2D eigenvalue weighted by molar-refractivity contribution is -0.114. The fourth-order valence-corrected chi connectivity index (χ4v) is 3.27. The van der Waals surface area contributed by atoms with Crippen LogP contribution in [-0.4, -0.2) is 42.9 Å². The van der Waals surface area contributed by atoms with Gasteiger partial charge in [-0.2, -0.15) is 5.26 Å². The van der Waals surface area contributed by atoms with E-state index in [4.69, 9.17) is 8.85 Å². The summed E-state index contributed by atoms with van der Waals surface area (Å²) >= 11 is 0. The topological polar surface area (TPSA) is 78.2 Å². The van der Waals surface area contributed by atoms with E-state index in [1.165, 1.54) is 31.3 Å². The molecule has 0 aliphatic heterocycles. The van der Waals surface area contributed by atoms with Gasteiger partial charge in [-0.05, 0) is 63.8 Å². The number of carbonyl (C=O) groups is 1. The summed E-state index contributed by atoms with van der Waals surface area (Å²) in [7, 11) is 3.59. The molecule has 0 spiro atoms. The Morgan fingerprint density at radius 1 is 1.39 bits per heavy atom. The lowest BCUT2D eigenvalue weighted by Crippen LogP contribution is -2.11. The molecule has 0 aliphatic carbocycles. The van der Waals surface area contributed by atoms with Gasteiger partial charge in [0.25, 0.3) is 0 Å². The normalized spacial score (nSPS) is 13.2. The van der Waals surface area contributed by atoms with Crippen LogP contribution >= 0.6 is 0 Å². The zero-order chi connectivity index (χ0) is 26.6. The van der Waals surface area contributed by atoms with Crippen LogP contribution in [0.25, 0.3) is 10.9 Å². The Kier molecular flexibility index (Phi) is 6.45. The zero-order valence-corrected chi connectivity index (χ0v) is 19.0. The minimum absolute atomic E-state index is 0.136. The number of likely N-dealkylation sites (N-methyl/N-ethyl adjacent to an activating group) is 1. The molecule has 0 saturated carbocycles. The molecule has 33 heavy (non-hydrogen) atoms. The van der Waals surface area contributed by atoms with Crippen molar-refractivity contribution in [3.8, 4) is 11.8 Å². The molecule has 0 amide bonds. The molecule has 0 radical (unpaired) electrons. The predicted molar refractivity (Wildman–Crippen MR) is 128 cm³/mol. The van der Waals surface area contributed by atoms with Gasteiger partial charge >= 0.3 is 0 Å². The molecule has 6 nitrogen and oxygen atoms in total. The molecular formula is C26H27FN4O2. The number of hydrogen-bond donors (Lipinski definition) is 1. The number of carbonyl (C=O) groups excluding carboxylic acids is 1. The van der Waals surface area contributed by atoms with Crippen molar-refractivity contribution >= 4 is 28.1 Å². The van der Waals surface area contributed by atoms with Crippen molar-refractivity contribution in [1.29, 1.82) is 5.26 Å². The van der Waals surface area contributed by atoms with Gasteiger partial charge < -0.3 is 15.0 Å². The molecule has 0 atom stereocenters. The summed E-state index contributed by atoms with van der Waals surface area (Å²) in [4.78, 5) is 18.8. The maximum absolute atomic E-state index is 13.8. The number of ether oxygens (including phenoxy) is 1. The Labute approximate surface area is 197 Å². The minimum Gasteiger partial charge on any atom is -0.494 e. The van der Waals surface area contributed by atoms with Gasteiger partial charge in [0.15, 0.2) is 5.78 Å². The number of aryl methyl sites for hydroxylation is 1. The van der Waals surface area contributed by atoms with Crippen LogP contribution in [0.4, 0.5) is 15.8 Å². The molecule has 0 aliphatic rings. The van der Waals surface area contributed by atoms with Gasteiger partial charge in [-0.25, -0.2) is 4.39 Å². The van der Waals surface area contributed by atoms with E-state index in [0.717, 1.165) is 0 Å². The van der Waals surface area contributed by atoms with Crippen LogP contribution in [0.5, 0.6) is 5.75 Å². The summed E-state index contributed by atoms with van der Waals surface area (Å²) in [6, 6.07) is 9.87. The van der Waals surface area contributed by atoms with E-state index in [0.29, 0.717) is 39.9 Å². The van der Waals surface area contributed by atoms with Crippen molar-refractivity contribution in [3.63, 3.8) is 0 Å². The van der Waals surface area contributed by atoms with Crippen LogP contribution in [0, 0.1) is 24.1 Å². The third kappa shape index (κ3) is 5.93. The standard InChI is InChI=1S/C26H27FN4O2/c1-5-33-25-14-24-22(13-18(25)12-21(32)7-6-10-31(3)4)26(19(15-28)16-29-24)30-20-8-9-23(27)17(2)11-20/h6-9,11,13-14,16H,5,10,12H2,1-4H3,(H,29,30)/b7-6+/i5D2,6D. The maximum Gasteiger partial charge on any atom is 0.159 e. The molecule has 0 fully saturated rings. The molecule has 3 rings (SSSR count). The fraction of sp³-hybridized carbons (Fsp3) is 0.269. The molecule has 1 N–H and O–H groups in total. The summed E-state index contributed by atoms with van der Waals surface area (Å²) in [6.45, 7) is 1.15. The lowest BCUT2D eigenvalue weighted by Gasteiger charge is -2.15. The maximum atomic E-state index is 13.8. The van der Waals surface area contributed by atoms with Crippen LogP contribution in [0.2, 0.25) is 0 Å². The van der Waals surface area contributed by atoms with Crippen molar-refractivity contribution in [2.45, 2.75) is 20.3 Å². The summed E-state index contributed by atoms with van der Waals surface area (Å²) in [5.41, 5.74) is 2.43. The average molecular weight is 450 g/mol. The van der Waals surface area contributed by atoms with E-state index in [1.807, 2.05) is 0 Å². The van der Waals surface area contributed by atoms with E-state index in [1.54, 1.807) is 44.1 Å². The summed E-state index contributed by atoms with van der Waals surface area (Å²) in [5.74, 6) is -0.569. The number of aromatic nitrogens is 1. The number of rotatable bonds is 9. The molecule has 7 heteroatoms. The van der Waals surface area contributed by atoms with E-state index < -0.39 is 6.56 Å². The highest BCUT2D eigenvalue weighted by molar-refractivity contribution is 5.98. The number of nitrogens with one attached hydrogen (secondary N) is 1. The molecule has 3 aromatic rings. The van der Waals surface area contributed by atoms with Gasteiger partial charge in [0, 0.05) is 41.9 Å². The van der Waals surface area contributed by atoms with Crippen LogP contribution in [0.1, 0.15) is 27.7 Å². The largest absolute Gasteiger partial charge is 0.494 e. The third-order valence-corrected chi connectivity index (χ3v) is 4.85. The molecule has 0 bridgehead atoms. The average Bonchev–Trinajstić information content (AvgIpc) is 2.75. The monoisotopic (exact) mass is 449 g/mol. The van der Waals surface area contributed by atoms with Gasteiger partial charge in [-0.1, -0.05) is 6.05 Å². The van der Waals surface area contributed by atoms with Gasteiger partial charge in [0.2, 0.25) is 0 Å². The molecule has 1 heterocycles. The Morgan fingerprint density at radius 2 is 2.18 bits per heavy atom. The highest BCUT2D eigenvalue weighted by Gasteiger charge is 2.16. The van der Waals surface area contributed by atoms with Crippen molar-refractivity contribution in [2.24, 2.45) is 0 Å². The number of ketones is 1. The number of allylic oxidation sites excluding steroid dienone is 1. The molecule has 0 saturated heterocycles. The first-order valence-corrected chi connectivity index (χ1v) is 10.3. The fourth-order valence-electron chi connectivity index (χ4n) is 3.27. The minimum atomic E-state index is -2.02. The van der Waals surface area contributed by atoms with E-state index in [-0.39, 0.29) is 35.4 Å². The first kappa shape index (κ1) is 19.9. The smallest absolute Gasteiger partial charge is 0.159 e. The zero-order valence-electron chi connectivity index (χ0n) is 22.0. The Bertz CT molecular complexity index is 1380. The van der Waals surface area contributed by atoms with Crippen LogP contribution in [0.15, 0.2) is 48.7 Å². The predicted octanol–water partition coefficient (Wildman–Crippen LogP) is 4.93. The first-order chi connectivity index (χ1) is 16.9. The molecule has 0 unspecified atom stereocenters. The van der Waals surface area contributed by atoms with Crippen molar-refractivity contribution < 1.29 is 18.0 Å². The Hall–Kier alpha value is -3.76. The lowest BCUT2D eigenvalue weighted by atomic mass is 10.0. The van der Waals surface area contributed by atoms with Crippen molar-refractivity contribution in [2.75, 3.05) is 32.5 Å². The van der Waals surface area contributed by atoms with E-state index in [2.05, 4.69) is 16.4 Å². The third-order valence-electron chi connectivity index (χ3n) is 4.85. The quantitative estimate of drug-likeness (QED) is 0.467. The summed E-state index contributed by atoms with van der Waals surface area (Å²) in [5, 5.41) is 13.4. The number of hydrogen-bond acceptors (Lipinski definition) is 6. The van der Waals surface area contributed by atoms with Crippen molar-refractivity contribution in [3.05, 3.63) is 71.2 Å². The highest BCUT2D eigenvalue weighted by atomic mass is 19.1. The number of nitrogens with zero attached hydrogens (tertiary/aromatic N) is 3. The highest BCUT2D eigenvalue weighted by Crippen LogP contribution is 2.34. The summed E-state index contributed by atoms with van der Waals surface area (Å²) < 4.78 is 42.9. The van der Waals surface area contributed by atoms with Crippen LogP contribution in [-0.2, 0) is 11.2 Å². The summed E-state index contributed by atoms with van der Waals surface area (Å²) in [6.07, 6.45) is 2.47.